The van der Waals surface area contributed by atoms with Crippen molar-refractivity contribution in [3.05, 3.63) is 29.8 Å². The van der Waals surface area contributed by atoms with Gasteiger partial charge in [0, 0.05) is 5.56 Å². The molecule has 4 unspecified atom stereocenters. The van der Waals surface area contributed by atoms with Crippen LogP contribution in [0, 0.1) is 5.92 Å². The van der Waals surface area contributed by atoms with Crippen molar-refractivity contribution in [2.45, 2.75) is 57.3 Å². The summed E-state index contributed by atoms with van der Waals surface area (Å²) in [5.74, 6) is 1.73. The molecule has 110 valence electrons. The van der Waals surface area contributed by atoms with Crippen LogP contribution in [0.3, 0.4) is 0 Å². The summed E-state index contributed by atoms with van der Waals surface area (Å²) in [5, 5.41) is 0. The van der Waals surface area contributed by atoms with Crippen LogP contribution in [-0.4, -0.2) is 18.8 Å². The van der Waals surface area contributed by atoms with Crippen LogP contribution in [0.15, 0.2) is 24.3 Å². The summed E-state index contributed by atoms with van der Waals surface area (Å²) in [5.41, 5.74) is 7.45. The molecule has 2 N–H and O–H groups in total. The number of hydrogen-bond acceptors (Lipinski definition) is 3. The molecule has 0 aromatic heterocycles. The van der Waals surface area contributed by atoms with Crippen molar-refractivity contribution in [3.8, 4) is 5.75 Å². The van der Waals surface area contributed by atoms with Crippen LogP contribution in [0.1, 0.15) is 50.6 Å². The van der Waals surface area contributed by atoms with Crippen molar-refractivity contribution in [3.63, 3.8) is 0 Å². The van der Waals surface area contributed by atoms with Gasteiger partial charge in [-0.15, -0.1) is 0 Å². The summed E-state index contributed by atoms with van der Waals surface area (Å²) in [6.45, 7) is 2.85. The summed E-state index contributed by atoms with van der Waals surface area (Å²) in [6, 6.07) is 7.96. The minimum atomic E-state index is -0.0676. The van der Waals surface area contributed by atoms with Gasteiger partial charge in [-0.3, -0.25) is 0 Å². The van der Waals surface area contributed by atoms with E-state index in [1.165, 1.54) is 32.1 Å². The van der Waals surface area contributed by atoms with E-state index < -0.39 is 0 Å². The van der Waals surface area contributed by atoms with E-state index in [1.807, 2.05) is 24.3 Å². The van der Waals surface area contributed by atoms with Gasteiger partial charge < -0.3 is 15.2 Å². The third-order valence-corrected chi connectivity index (χ3v) is 4.76. The maximum atomic E-state index is 6.37. The Balaban J connectivity index is 1.64. The number of hydrogen-bond donors (Lipinski definition) is 1. The second-order valence-corrected chi connectivity index (χ2v) is 6.11. The molecule has 2 aliphatic rings. The van der Waals surface area contributed by atoms with E-state index in [9.17, 15) is 0 Å². The smallest absolute Gasteiger partial charge is 0.124 e. The average molecular weight is 275 g/mol. The van der Waals surface area contributed by atoms with Crippen LogP contribution in [0.25, 0.3) is 0 Å². The van der Waals surface area contributed by atoms with Crippen LogP contribution in [0.4, 0.5) is 0 Å². The molecule has 1 aromatic carbocycles. The molecule has 0 bridgehead atoms. The fourth-order valence-corrected chi connectivity index (χ4v) is 3.47. The van der Waals surface area contributed by atoms with E-state index >= 15 is 0 Å². The van der Waals surface area contributed by atoms with E-state index in [0.29, 0.717) is 12.7 Å². The Morgan fingerprint density at radius 2 is 2.15 bits per heavy atom. The summed E-state index contributed by atoms with van der Waals surface area (Å²) in [6.07, 6.45) is 6.59. The molecule has 1 aliphatic carbocycles. The van der Waals surface area contributed by atoms with Gasteiger partial charge in [-0.2, -0.15) is 0 Å². The first-order valence-electron chi connectivity index (χ1n) is 7.90. The summed E-state index contributed by atoms with van der Waals surface area (Å²) in [4.78, 5) is 0. The third kappa shape index (κ3) is 2.84. The lowest BCUT2D eigenvalue weighted by molar-refractivity contribution is -0.0746. The molecule has 0 saturated heterocycles. The lowest BCUT2D eigenvalue weighted by Gasteiger charge is -2.36. The predicted molar refractivity (Wildman–Crippen MR) is 79.8 cm³/mol. The molecule has 20 heavy (non-hydrogen) atoms. The molecule has 4 atom stereocenters. The highest BCUT2D eigenvalue weighted by Crippen LogP contribution is 2.35. The normalized spacial score (nSPS) is 33.3. The molecule has 3 heteroatoms. The number of fused-ring (bicyclic) bond motifs is 1. The zero-order valence-electron chi connectivity index (χ0n) is 12.3. The van der Waals surface area contributed by atoms with Crippen molar-refractivity contribution in [2.24, 2.45) is 11.7 Å². The van der Waals surface area contributed by atoms with E-state index in [4.69, 9.17) is 15.2 Å². The topological polar surface area (TPSA) is 44.5 Å². The van der Waals surface area contributed by atoms with Gasteiger partial charge in [0.2, 0.25) is 0 Å². The molecule has 0 spiro atoms. The van der Waals surface area contributed by atoms with Crippen molar-refractivity contribution in [1.82, 2.24) is 0 Å². The number of ether oxygens (including phenoxy) is 2. The Morgan fingerprint density at radius 3 is 3.00 bits per heavy atom. The minimum Gasteiger partial charge on any atom is -0.490 e. The zero-order chi connectivity index (χ0) is 13.9. The van der Waals surface area contributed by atoms with Gasteiger partial charge in [-0.05, 0) is 24.8 Å². The molecule has 1 aliphatic heterocycles. The number of benzene rings is 1. The van der Waals surface area contributed by atoms with Gasteiger partial charge in [-0.25, -0.2) is 0 Å². The lowest BCUT2D eigenvalue weighted by atomic mass is 9.85. The first-order chi connectivity index (χ1) is 9.78. The average Bonchev–Trinajstić information content (AvgIpc) is 2.50. The maximum absolute atomic E-state index is 6.37. The fraction of sp³-hybridized carbons (Fsp3) is 0.647. The van der Waals surface area contributed by atoms with Gasteiger partial charge in [0.05, 0.1) is 12.1 Å². The first kappa shape index (κ1) is 13.9. The molecule has 3 rings (SSSR count). The Bertz CT molecular complexity index is 448. The number of rotatable bonds is 3. The molecule has 0 radical (unpaired) electrons. The van der Waals surface area contributed by atoms with E-state index in [-0.39, 0.29) is 12.1 Å². The van der Waals surface area contributed by atoms with Crippen LogP contribution in [0.5, 0.6) is 5.75 Å². The molecule has 1 aromatic rings. The Hall–Kier alpha value is -1.06. The van der Waals surface area contributed by atoms with Crippen molar-refractivity contribution in [1.29, 1.82) is 0 Å². The largest absolute Gasteiger partial charge is 0.490 e. The highest BCUT2D eigenvalue weighted by Gasteiger charge is 2.32. The van der Waals surface area contributed by atoms with E-state index in [1.54, 1.807) is 0 Å². The number of nitrogens with two attached hydrogens (primary N) is 1. The molecular weight excluding hydrogens is 250 g/mol. The van der Waals surface area contributed by atoms with Crippen molar-refractivity contribution in [2.75, 3.05) is 6.61 Å². The Kier molecular flexibility index (Phi) is 4.27. The molecule has 1 fully saturated rings. The van der Waals surface area contributed by atoms with Gasteiger partial charge in [-0.1, -0.05) is 44.4 Å². The second-order valence-electron chi connectivity index (χ2n) is 6.11. The summed E-state index contributed by atoms with van der Waals surface area (Å²) < 4.78 is 12.1. The van der Waals surface area contributed by atoms with Crippen LogP contribution in [0.2, 0.25) is 0 Å². The minimum absolute atomic E-state index is 0.00879. The van der Waals surface area contributed by atoms with Gasteiger partial charge >= 0.3 is 0 Å². The summed E-state index contributed by atoms with van der Waals surface area (Å²) in [7, 11) is 0. The van der Waals surface area contributed by atoms with Gasteiger partial charge in [0.25, 0.3) is 0 Å². The van der Waals surface area contributed by atoms with Crippen molar-refractivity contribution < 1.29 is 9.47 Å². The van der Waals surface area contributed by atoms with E-state index in [0.717, 1.165) is 17.2 Å². The number of para-hydroxylation sites is 1. The monoisotopic (exact) mass is 275 g/mol. The molecule has 0 amide bonds. The summed E-state index contributed by atoms with van der Waals surface area (Å²) >= 11 is 0. The fourth-order valence-electron chi connectivity index (χ4n) is 3.47. The highest BCUT2D eigenvalue weighted by molar-refractivity contribution is 5.38. The molecular formula is C17H25NO2. The third-order valence-electron chi connectivity index (χ3n) is 4.76. The van der Waals surface area contributed by atoms with Crippen molar-refractivity contribution >= 4 is 0 Å². The highest BCUT2D eigenvalue weighted by atomic mass is 16.5. The quantitative estimate of drug-likeness (QED) is 0.919. The predicted octanol–water partition coefficient (Wildman–Crippen LogP) is 3.43. The lowest BCUT2D eigenvalue weighted by Crippen LogP contribution is -2.41. The SMILES string of the molecule is CCC1CCCC(OC2COc3ccccc3C2N)C1. The standard InChI is InChI=1S/C17H25NO2/c1-2-12-6-5-7-13(10-12)20-16-11-19-15-9-4-3-8-14(15)17(16)18/h3-4,8-9,12-13,16-17H,2,5-7,10-11,18H2,1H3. The zero-order valence-corrected chi connectivity index (χ0v) is 12.3. The molecule has 1 saturated carbocycles. The molecule has 3 nitrogen and oxygen atoms in total. The van der Waals surface area contributed by atoms with Crippen LogP contribution in [-0.2, 0) is 4.74 Å². The van der Waals surface area contributed by atoms with E-state index in [2.05, 4.69) is 6.92 Å². The Morgan fingerprint density at radius 1 is 1.30 bits per heavy atom. The maximum Gasteiger partial charge on any atom is 0.124 e. The second kappa shape index (κ2) is 6.15. The molecule has 1 heterocycles. The Labute approximate surface area is 121 Å². The van der Waals surface area contributed by atoms with Crippen LogP contribution < -0.4 is 10.5 Å². The first-order valence-corrected chi connectivity index (χ1v) is 7.90. The van der Waals surface area contributed by atoms with Gasteiger partial charge in [0.1, 0.15) is 18.5 Å². The van der Waals surface area contributed by atoms with Crippen LogP contribution >= 0.6 is 0 Å². The van der Waals surface area contributed by atoms with Gasteiger partial charge in [0.15, 0.2) is 0 Å².